The second-order valence-electron chi connectivity index (χ2n) is 6.52. The maximum Gasteiger partial charge on any atom is 0.306 e. The standard InChI is InChI=1S/C21H25N2O3S/c1-3-27(24,25)23(13-7-8-18(15-22)16-23)21-12-11-20(14-17(21)2)26-19-9-5-4-6-10-19/h4-12,14,16H,3,13,15,22H2,1-2H3/q+1. The summed E-state index contributed by atoms with van der Waals surface area (Å²) < 4.78 is 31.8. The Hall–Kier alpha value is -2.41. The van der Waals surface area contributed by atoms with Crippen molar-refractivity contribution >= 4 is 15.7 Å². The van der Waals surface area contributed by atoms with E-state index in [1.807, 2.05) is 67.6 Å². The van der Waals surface area contributed by atoms with Gasteiger partial charge in [0.25, 0.3) is 0 Å². The van der Waals surface area contributed by atoms with Gasteiger partial charge >= 0.3 is 10.0 Å². The van der Waals surface area contributed by atoms with Gasteiger partial charge in [-0.15, -0.1) is 0 Å². The molecule has 0 radical (unpaired) electrons. The minimum absolute atomic E-state index is 0.0386. The van der Waals surface area contributed by atoms with Gasteiger partial charge in [-0.3, -0.25) is 0 Å². The number of nitrogens with zero attached hydrogens (tertiary/aromatic N) is 1. The van der Waals surface area contributed by atoms with E-state index in [9.17, 15) is 8.42 Å². The number of sulfonamides is 1. The van der Waals surface area contributed by atoms with Gasteiger partial charge in [-0.25, -0.2) is 0 Å². The van der Waals surface area contributed by atoms with E-state index in [4.69, 9.17) is 10.5 Å². The summed E-state index contributed by atoms with van der Waals surface area (Å²) in [5.74, 6) is 1.45. The van der Waals surface area contributed by atoms with Gasteiger partial charge in [-0.1, -0.05) is 24.3 Å². The summed E-state index contributed by atoms with van der Waals surface area (Å²) in [7, 11) is -3.46. The van der Waals surface area contributed by atoms with E-state index in [0.29, 0.717) is 24.5 Å². The average Bonchev–Trinajstić information content (AvgIpc) is 2.68. The normalized spacial score (nSPS) is 19.6. The lowest BCUT2D eigenvalue weighted by Gasteiger charge is -2.35. The molecule has 2 aromatic rings. The first-order valence-electron chi connectivity index (χ1n) is 8.95. The molecule has 0 fully saturated rings. The monoisotopic (exact) mass is 385 g/mol. The van der Waals surface area contributed by atoms with Crippen LogP contribution < -0.4 is 14.4 Å². The zero-order chi connectivity index (χ0) is 19.5. The third-order valence-corrected chi connectivity index (χ3v) is 6.91. The van der Waals surface area contributed by atoms with Gasteiger partial charge in [0.2, 0.25) is 0 Å². The predicted octanol–water partition coefficient (Wildman–Crippen LogP) is 3.86. The van der Waals surface area contributed by atoms with Crippen LogP contribution in [0.3, 0.4) is 0 Å². The van der Waals surface area contributed by atoms with Crippen molar-refractivity contribution in [1.29, 1.82) is 0 Å². The number of hydrogen-bond donors (Lipinski definition) is 1. The molecule has 0 saturated heterocycles. The number of benzene rings is 2. The first-order chi connectivity index (χ1) is 12.9. The first kappa shape index (κ1) is 19.4. The van der Waals surface area contributed by atoms with Crippen molar-refractivity contribution in [2.24, 2.45) is 5.73 Å². The number of hydrogen-bond acceptors (Lipinski definition) is 4. The SMILES string of the molecule is CCS(=O)(=O)[N+]1(c2ccc(Oc3ccccc3)cc2C)C=C(CN)C=CC1. The topological polar surface area (TPSA) is 69.4 Å². The number of quaternary nitrogens is 1. The fourth-order valence-electron chi connectivity index (χ4n) is 3.33. The molecular weight excluding hydrogens is 360 g/mol. The van der Waals surface area contributed by atoms with Crippen molar-refractivity contribution in [2.75, 3.05) is 18.8 Å². The Bertz CT molecular complexity index is 982. The van der Waals surface area contributed by atoms with E-state index >= 15 is 0 Å². The fourth-order valence-corrected chi connectivity index (χ4v) is 4.90. The molecular formula is C21H25N2O3S+. The van der Waals surface area contributed by atoms with E-state index in [-0.39, 0.29) is 9.64 Å². The van der Waals surface area contributed by atoms with Crippen molar-refractivity contribution in [3.05, 3.63) is 78.0 Å². The number of para-hydroxylation sites is 1. The highest BCUT2D eigenvalue weighted by atomic mass is 32.2. The van der Waals surface area contributed by atoms with Crippen LogP contribution in [-0.4, -0.2) is 27.3 Å². The summed E-state index contributed by atoms with van der Waals surface area (Å²) in [5, 5.41) is 0. The van der Waals surface area contributed by atoms with Crippen LogP contribution in [-0.2, 0) is 10.0 Å². The first-order valence-corrected chi connectivity index (χ1v) is 10.6. The molecule has 0 amide bonds. The van der Waals surface area contributed by atoms with Crippen molar-refractivity contribution in [3.8, 4) is 11.5 Å². The molecule has 142 valence electrons. The molecule has 3 rings (SSSR count). The van der Waals surface area contributed by atoms with Gasteiger partial charge in [0, 0.05) is 23.7 Å². The van der Waals surface area contributed by atoms with Crippen LogP contribution in [0, 0.1) is 6.92 Å². The average molecular weight is 386 g/mol. The summed E-state index contributed by atoms with van der Waals surface area (Å²) >= 11 is 0. The van der Waals surface area contributed by atoms with E-state index in [1.165, 1.54) is 0 Å². The van der Waals surface area contributed by atoms with Gasteiger partial charge in [-0.05, 0) is 44.2 Å². The van der Waals surface area contributed by atoms with Crippen LogP contribution in [0.4, 0.5) is 5.69 Å². The summed E-state index contributed by atoms with van der Waals surface area (Å²) in [6, 6.07) is 15.0. The Kier molecular flexibility index (Phi) is 5.51. The summed E-state index contributed by atoms with van der Waals surface area (Å²) in [6.07, 6.45) is 5.53. The van der Waals surface area contributed by atoms with Crippen molar-refractivity contribution < 1.29 is 13.2 Å². The second kappa shape index (κ2) is 7.68. The lowest BCUT2D eigenvalue weighted by Crippen LogP contribution is -2.52. The van der Waals surface area contributed by atoms with Crippen LogP contribution in [0.5, 0.6) is 11.5 Å². The smallest absolute Gasteiger partial charge is 0.306 e. The largest absolute Gasteiger partial charge is 0.457 e. The summed E-state index contributed by atoms with van der Waals surface area (Å²) in [4.78, 5) is 0. The van der Waals surface area contributed by atoms with Gasteiger partial charge in [0.15, 0.2) is 5.69 Å². The minimum Gasteiger partial charge on any atom is -0.457 e. The van der Waals surface area contributed by atoms with Gasteiger partial charge in [0.1, 0.15) is 24.2 Å². The maximum atomic E-state index is 13.1. The minimum atomic E-state index is -3.46. The third kappa shape index (κ3) is 3.69. The molecule has 0 aromatic heterocycles. The Morgan fingerprint density at radius 1 is 1.11 bits per heavy atom. The highest BCUT2D eigenvalue weighted by Gasteiger charge is 2.43. The van der Waals surface area contributed by atoms with Gasteiger partial charge < -0.3 is 10.5 Å². The molecule has 0 bridgehead atoms. The molecule has 1 atom stereocenters. The van der Waals surface area contributed by atoms with Crippen molar-refractivity contribution in [2.45, 2.75) is 13.8 Å². The molecule has 0 spiro atoms. The van der Waals surface area contributed by atoms with Crippen LogP contribution in [0.2, 0.25) is 0 Å². The summed E-state index contributed by atoms with van der Waals surface area (Å²) in [5.41, 5.74) is 8.16. The van der Waals surface area contributed by atoms with Crippen LogP contribution in [0.1, 0.15) is 12.5 Å². The number of rotatable bonds is 6. The fraction of sp³-hybridized carbons (Fsp3) is 0.238. The van der Waals surface area contributed by atoms with Gasteiger partial charge in [-0.2, -0.15) is 12.3 Å². The van der Waals surface area contributed by atoms with Crippen LogP contribution in [0.25, 0.3) is 0 Å². The Labute approximate surface area is 161 Å². The molecule has 1 aliphatic rings. The second-order valence-corrected chi connectivity index (χ2v) is 8.92. The van der Waals surface area contributed by atoms with Crippen LogP contribution >= 0.6 is 0 Å². The zero-order valence-electron chi connectivity index (χ0n) is 15.6. The molecule has 1 heterocycles. The van der Waals surface area contributed by atoms with Crippen LogP contribution in [0.15, 0.2) is 72.5 Å². The highest BCUT2D eigenvalue weighted by molar-refractivity contribution is 7.91. The maximum absolute atomic E-state index is 13.1. The van der Waals surface area contributed by atoms with E-state index < -0.39 is 10.0 Å². The molecule has 27 heavy (non-hydrogen) atoms. The molecule has 6 heteroatoms. The number of ether oxygens (including phenoxy) is 1. The van der Waals surface area contributed by atoms with E-state index in [0.717, 1.165) is 16.9 Å². The molecule has 2 N–H and O–H groups in total. The van der Waals surface area contributed by atoms with Crippen molar-refractivity contribution in [1.82, 2.24) is 3.89 Å². The van der Waals surface area contributed by atoms with E-state index in [1.54, 1.807) is 13.1 Å². The molecule has 5 nitrogen and oxygen atoms in total. The third-order valence-electron chi connectivity index (χ3n) is 4.73. The van der Waals surface area contributed by atoms with Gasteiger partial charge in [0.05, 0.1) is 5.75 Å². The Morgan fingerprint density at radius 2 is 1.85 bits per heavy atom. The highest BCUT2D eigenvalue weighted by Crippen LogP contribution is 2.37. The Balaban J connectivity index is 2.06. The number of aryl methyl sites for hydroxylation is 1. The zero-order valence-corrected chi connectivity index (χ0v) is 16.4. The molecule has 1 aliphatic heterocycles. The Morgan fingerprint density at radius 3 is 2.48 bits per heavy atom. The lowest BCUT2D eigenvalue weighted by molar-refractivity contribution is 0.480. The van der Waals surface area contributed by atoms with Crippen molar-refractivity contribution in [3.63, 3.8) is 0 Å². The molecule has 2 aromatic carbocycles. The van der Waals surface area contributed by atoms with E-state index in [2.05, 4.69) is 0 Å². The molecule has 0 saturated carbocycles. The molecule has 0 aliphatic carbocycles. The number of nitrogens with two attached hydrogens (primary N) is 1. The summed E-state index contributed by atoms with van der Waals surface area (Å²) in [6.45, 7) is 4.22. The quantitative estimate of drug-likeness (QED) is 0.767. The molecule has 1 unspecified atom stereocenters. The lowest BCUT2D eigenvalue weighted by atomic mass is 10.1. The predicted molar refractivity (Wildman–Crippen MR) is 110 cm³/mol.